The maximum absolute atomic E-state index is 5.94. The van der Waals surface area contributed by atoms with Gasteiger partial charge in [-0.25, -0.2) is 0 Å². The molecule has 3 aromatic carbocycles. The Morgan fingerprint density at radius 1 is 0.771 bits per heavy atom. The van der Waals surface area contributed by atoms with Gasteiger partial charge < -0.3 is 14.8 Å². The van der Waals surface area contributed by atoms with Gasteiger partial charge in [-0.3, -0.25) is 4.98 Å². The van der Waals surface area contributed by atoms with Crippen LogP contribution in [0.4, 0.5) is 5.69 Å². The Bertz CT molecular complexity index is 1520. The van der Waals surface area contributed by atoms with Crippen molar-refractivity contribution < 1.29 is 0 Å². The Kier molecular flexibility index (Phi) is 5.34. The number of aryl methyl sites for hydroxylation is 2. The van der Waals surface area contributed by atoms with E-state index in [0.717, 1.165) is 22.8 Å². The molecule has 1 aliphatic rings. The maximum Gasteiger partial charge on any atom is 0.174 e. The van der Waals surface area contributed by atoms with Crippen LogP contribution in [0.1, 0.15) is 34.6 Å². The smallest absolute Gasteiger partial charge is 0.174 e. The molecule has 5 aromatic rings. The first-order valence-corrected chi connectivity index (χ1v) is 12.2. The van der Waals surface area contributed by atoms with E-state index in [1.54, 1.807) is 0 Å². The third-order valence-electron chi connectivity index (χ3n) is 6.68. The van der Waals surface area contributed by atoms with E-state index in [0.29, 0.717) is 5.11 Å². The zero-order chi connectivity index (χ0) is 23.9. The molecule has 0 radical (unpaired) electrons. The number of benzene rings is 3. The van der Waals surface area contributed by atoms with Crippen LogP contribution in [-0.2, 0) is 0 Å². The Morgan fingerprint density at radius 2 is 1.54 bits per heavy atom. The first-order valence-electron chi connectivity index (χ1n) is 11.8. The van der Waals surface area contributed by atoms with Crippen molar-refractivity contribution in [1.29, 1.82) is 0 Å². The van der Waals surface area contributed by atoms with Crippen molar-refractivity contribution in [2.75, 3.05) is 4.90 Å². The van der Waals surface area contributed by atoms with Crippen LogP contribution >= 0.6 is 12.2 Å². The normalized spacial score (nSPS) is 17.7. The molecule has 0 aliphatic carbocycles. The number of rotatable bonds is 4. The molecule has 6 rings (SSSR count). The fraction of sp³-hybridized carbons (Fsp3) is 0.133. The van der Waals surface area contributed by atoms with Crippen LogP contribution in [0.3, 0.4) is 0 Å². The second-order valence-corrected chi connectivity index (χ2v) is 9.56. The number of fused-ring (bicyclic) bond motifs is 1. The van der Waals surface area contributed by atoms with E-state index >= 15 is 0 Å². The average Bonchev–Trinajstić information content (AvgIpc) is 3.48. The Hall–Kier alpha value is -3.96. The van der Waals surface area contributed by atoms with Crippen LogP contribution in [0.2, 0.25) is 0 Å². The lowest BCUT2D eigenvalue weighted by Crippen LogP contribution is -2.30. The van der Waals surface area contributed by atoms with Crippen molar-refractivity contribution in [1.82, 2.24) is 14.9 Å². The minimum Gasteiger partial charge on any atom is -0.351 e. The molecule has 1 saturated heterocycles. The molecule has 0 saturated carbocycles. The zero-order valence-corrected chi connectivity index (χ0v) is 20.5. The highest BCUT2D eigenvalue weighted by Crippen LogP contribution is 2.42. The summed E-state index contributed by atoms with van der Waals surface area (Å²) in [6.07, 6.45) is 3.98. The van der Waals surface area contributed by atoms with Crippen LogP contribution < -0.4 is 10.2 Å². The molecule has 0 spiro atoms. The summed E-state index contributed by atoms with van der Waals surface area (Å²) in [5, 5.41) is 6.75. The van der Waals surface area contributed by atoms with Gasteiger partial charge in [0.15, 0.2) is 5.11 Å². The number of aromatic nitrogens is 2. The molecule has 2 atom stereocenters. The fourth-order valence-corrected chi connectivity index (χ4v) is 5.57. The summed E-state index contributed by atoms with van der Waals surface area (Å²) in [5.41, 5.74) is 6.78. The number of hydrogen-bond donors (Lipinski definition) is 1. The van der Waals surface area contributed by atoms with E-state index in [-0.39, 0.29) is 12.1 Å². The van der Waals surface area contributed by atoms with Gasteiger partial charge in [-0.05, 0) is 96.5 Å². The lowest BCUT2D eigenvalue weighted by Gasteiger charge is -2.29. The number of hydrogen-bond acceptors (Lipinski definition) is 2. The number of pyridine rings is 1. The number of nitrogens with zero attached hydrogens (tertiary/aromatic N) is 3. The fourth-order valence-electron chi connectivity index (χ4n) is 5.22. The summed E-state index contributed by atoms with van der Waals surface area (Å²) in [5.74, 6) is 0. The SMILES string of the molecule is Cc1cc(C)cc(N2C(=S)NC(c3ccccn3)C2c2cccn2-c2ccc3ccccc3c2)c1. The van der Waals surface area contributed by atoms with Crippen LogP contribution in [0.15, 0.2) is 103 Å². The van der Waals surface area contributed by atoms with Gasteiger partial charge in [0.1, 0.15) is 6.04 Å². The summed E-state index contributed by atoms with van der Waals surface area (Å²) in [4.78, 5) is 6.96. The molecule has 1 N–H and O–H groups in total. The summed E-state index contributed by atoms with van der Waals surface area (Å²) in [6, 6.07) is 31.9. The summed E-state index contributed by atoms with van der Waals surface area (Å²) in [6.45, 7) is 4.26. The van der Waals surface area contributed by atoms with E-state index in [9.17, 15) is 0 Å². The molecule has 3 heterocycles. The predicted octanol–water partition coefficient (Wildman–Crippen LogP) is 6.82. The third kappa shape index (κ3) is 3.88. The highest BCUT2D eigenvalue weighted by molar-refractivity contribution is 7.80. The van der Waals surface area contributed by atoms with Gasteiger partial charge in [-0.2, -0.15) is 0 Å². The van der Waals surface area contributed by atoms with Crippen LogP contribution in [0.5, 0.6) is 0 Å². The van der Waals surface area contributed by atoms with Crippen molar-refractivity contribution in [3.05, 3.63) is 126 Å². The van der Waals surface area contributed by atoms with E-state index in [4.69, 9.17) is 17.2 Å². The van der Waals surface area contributed by atoms with Gasteiger partial charge in [-0.1, -0.05) is 42.5 Å². The third-order valence-corrected chi connectivity index (χ3v) is 6.99. The van der Waals surface area contributed by atoms with Crippen LogP contribution in [-0.4, -0.2) is 14.7 Å². The van der Waals surface area contributed by atoms with Gasteiger partial charge in [0.25, 0.3) is 0 Å². The maximum atomic E-state index is 5.94. The molecule has 4 nitrogen and oxygen atoms in total. The number of anilines is 1. The molecule has 172 valence electrons. The lowest BCUT2D eigenvalue weighted by molar-refractivity contribution is 0.549. The number of nitrogens with one attached hydrogen (secondary N) is 1. The van der Waals surface area contributed by atoms with Crippen LogP contribution in [0.25, 0.3) is 16.5 Å². The van der Waals surface area contributed by atoms with Crippen molar-refractivity contribution in [3.63, 3.8) is 0 Å². The van der Waals surface area contributed by atoms with Crippen LogP contribution in [0, 0.1) is 13.8 Å². The highest BCUT2D eigenvalue weighted by atomic mass is 32.1. The standard InChI is InChI=1S/C30H26N4S/c1-20-16-21(2)18-25(17-20)34-29(28(32-30(34)35)26-10-5-6-14-31-26)27-11-7-15-33(27)24-13-12-22-8-3-4-9-23(22)19-24/h3-19,28-29H,1-2H3,(H,32,35). The largest absolute Gasteiger partial charge is 0.351 e. The molecule has 0 amide bonds. The molecule has 35 heavy (non-hydrogen) atoms. The van der Waals surface area contributed by atoms with Gasteiger partial charge in [0.2, 0.25) is 0 Å². The summed E-state index contributed by atoms with van der Waals surface area (Å²) in [7, 11) is 0. The van der Waals surface area contributed by atoms with E-state index in [2.05, 4.69) is 114 Å². The molecule has 5 heteroatoms. The molecule has 2 unspecified atom stereocenters. The van der Waals surface area contributed by atoms with Gasteiger partial charge >= 0.3 is 0 Å². The van der Waals surface area contributed by atoms with E-state index in [1.165, 1.54) is 21.9 Å². The first kappa shape index (κ1) is 21.6. The summed E-state index contributed by atoms with van der Waals surface area (Å²) >= 11 is 5.94. The zero-order valence-electron chi connectivity index (χ0n) is 19.7. The van der Waals surface area contributed by atoms with Gasteiger partial charge in [0.05, 0.1) is 11.7 Å². The van der Waals surface area contributed by atoms with E-state index in [1.807, 2.05) is 18.3 Å². The van der Waals surface area contributed by atoms with Gasteiger partial charge in [0, 0.05) is 29.5 Å². The Morgan fingerprint density at radius 3 is 2.31 bits per heavy atom. The minimum absolute atomic E-state index is 0.0694. The summed E-state index contributed by atoms with van der Waals surface area (Å²) < 4.78 is 2.28. The highest BCUT2D eigenvalue weighted by Gasteiger charge is 2.42. The Labute approximate surface area is 210 Å². The Balaban J connectivity index is 1.53. The topological polar surface area (TPSA) is 33.1 Å². The van der Waals surface area contributed by atoms with Crippen molar-refractivity contribution >= 4 is 33.8 Å². The average molecular weight is 475 g/mol. The van der Waals surface area contributed by atoms with E-state index < -0.39 is 0 Å². The van der Waals surface area contributed by atoms with Crippen molar-refractivity contribution in [2.24, 2.45) is 0 Å². The van der Waals surface area contributed by atoms with Crippen molar-refractivity contribution in [2.45, 2.75) is 25.9 Å². The monoisotopic (exact) mass is 474 g/mol. The second kappa shape index (κ2) is 8.67. The second-order valence-electron chi connectivity index (χ2n) is 9.18. The quantitative estimate of drug-likeness (QED) is 0.290. The van der Waals surface area contributed by atoms with Gasteiger partial charge in [-0.15, -0.1) is 0 Å². The molecule has 2 aromatic heterocycles. The minimum atomic E-state index is -0.0846. The molecular formula is C30H26N4S. The molecule has 0 bridgehead atoms. The molecule has 1 aliphatic heterocycles. The van der Waals surface area contributed by atoms with Crippen molar-refractivity contribution in [3.8, 4) is 5.69 Å². The first-order chi connectivity index (χ1) is 17.1. The number of thiocarbonyl (C=S) groups is 1. The molecule has 1 fully saturated rings. The molecular weight excluding hydrogens is 448 g/mol. The predicted molar refractivity (Wildman–Crippen MR) is 147 cm³/mol. The lowest BCUT2D eigenvalue weighted by atomic mass is 10.00.